The Hall–Kier alpha value is -2.28. The van der Waals surface area contributed by atoms with Crippen LogP contribution in [0.5, 0.6) is 0 Å². The van der Waals surface area contributed by atoms with Gasteiger partial charge in [-0.15, -0.1) is 20.5 Å². The van der Waals surface area contributed by atoms with Crippen LogP contribution in [0.25, 0.3) is 0 Å². The molecule has 2 saturated heterocycles. The van der Waals surface area contributed by atoms with E-state index < -0.39 is 64.0 Å². The zero-order valence-electron chi connectivity index (χ0n) is 42.8. The molecule has 2 rings (SSSR count). The number of rotatable bonds is 30. The van der Waals surface area contributed by atoms with Crippen LogP contribution in [-0.4, -0.2) is 76.6 Å². The largest absolute Gasteiger partial charge is 0.481 e. The Balaban J connectivity index is 0.00000161. The topological polar surface area (TPSA) is 195 Å². The summed E-state index contributed by atoms with van der Waals surface area (Å²) in [5, 5.41) is 70.5. The lowest BCUT2D eigenvalue weighted by Crippen LogP contribution is -2.64. The van der Waals surface area contributed by atoms with Crippen LogP contribution in [0.1, 0.15) is 244 Å². The summed E-state index contributed by atoms with van der Waals surface area (Å²) >= 11 is 0. The van der Waals surface area contributed by atoms with E-state index in [1.807, 2.05) is 27.7 Å². The van der Waals surface area contributed by atoms with E-state index >= 15 is 0 Å². The SMILES string of the molecule is CC(C)CCCCCCCCCCC(CCCCCCCCCCC(C)C)(C(=O)O)C(C(=O)O)C(C(=O)O)C(C(=O)O)C1CCC(C)(C)N([O])C1(C)C.CC1(C)CCCC(C)(C)N1[O]. The van der Waals surface area contributed by atoms with Crippen molar-refractivity contribution in [2.75, 3.05) is 0 Å². The third kappa shape index (κ3) is 18.4. The minimum atomic E-state index is -2.04. The van der Waals surface area contributed by atoms with Gasteiger partial charge in [0.2, 0.25) is 0 Å². The zero-order chi connectivity index (χ0) is 49.1. The third-order valence-electron chi connectivity index (χ3n) is 15.1. The maximum absolute atomic E-state index is 13.5. The van der Waals surface area contributed by atoms with Gasteiger partial charge in [-0.1, -0.05) is 143 Å². The van der Waals surface area contributed by atoms with Gasteiger partial charge in [0.05, 0.1) is 23.2 Å². The first-order valence-electron chi connectivity index (χ1n) is 25.5. The normalized spacial score (nSPS) is 21.2. The summed E-state index contributed by atoms with van der Waals surface area (Å²) in [7, 11) is 0. The summed E-state index contributed by atoms with van der Waals surface area (Å²) in [5.41, 5.74) is -4.45. The molecule has 64 heavy (non-hydrogen) atoms. The van der Waals surface area contributed by atoms with Gasteiger partial charge in [0.25, 0.3) is 0 Å². The molecule has 0 aliphatic carbocycles. The Morgan fingerprint density at radius 1 is 0.516 bits per heavy atom. The van der Waals surface area contributed by atoms with E-state index in [1.54, 1.807) is 27.7 Å². The first-order chi connectivity index (χ1) is 29.6. The monoisotopic (exact) mass is 909 g/mol. The molecular weight excluding hydrogens is 813 g/mol. The van der Waals surface area contributed by atoms with Gasteiger partial charge < -0.3 is 20.4 Å². The van der Waals surface area contributed by atoms with Crippen LogP contribution >= 0.6 is 0 Å². The maximum Gasteiger partial charge on any atom is 0.310 e. The van der Waals surface area contributed by atoms with Crippen molar-refractivity contribution in [1.82, 2.24) is 10.1 Å². The molecule has 0 aromatic carbocycles. The van der Waals surface area contributed by atoms with Gasteiger partial charge in [-0.05, 0) is 118 Å². The maximum atomic E-state index is 13.5. The van der Waals surface area contributed by atoms with Crippen molar-refractivity contribution in [1.29, 1.82) is 0 Å². The molecule has 2 aliphatic heterocycles. The number of carbonyl (C=O) groups is 4. The first kappa shape index (κ1) is 59.7. The fraction of sp³-hybridized carbons (Fsp3) is 0.923. The minimum absolute atomic E-state index is 0.0472. The van der Waals surface area contributed by atoms with E-state index in [-0.39, 0.29) is 36.8 Å². The van der Waals surface area contributed by atoms with E-state index in [9.17, 15) is 50.0 Å². The molecule has 0 spiro atoms. The van der Waals surface area contributed by atoms with Crippen molar-refractivity contribution < 1.29 is 50.0 Å². The predicted octanol–water partition coefficient (Wildman–Crippen LogP) is 13.3. The van der Waals surface area contributed by atoms with Crippen LogP contribution in [0, 0.1) is 40.9 Å². The number of hydrogen-bond acceptors (Lipinski definition) is 6. The molecule has 4 atom stereocenters. The van der Waals surface area contributed by atoms with Crippen molar-refractivity contribution in [3.05, 3.63) is 0 Å². The van der Waals surface area contributed by atoms with Crippen molar-refractivity contribution in [2.24, 2.45) is 40.9 Å². The second-order valence-corrected chi connectivity index (χ2v) is 23.2. The molecule has 0 amide bonds. The summed E-state index contributed by atoms with van der Waals surface area (Å²) in [6.07, 6.45) is 21.1. The number of carboxylic acids is 4. The third-order valence-corrected chi connectivity index (χ3v) is 15.1. The van der Waals surface area contributed by atoms with Crippen LogP contribution in [0.4, 0.5) is 0 Å². The molecule has 2 heterocycles. The smallest absolute Gasteiger partial charge is 0.310 e. The molecule has 2 radical (unpaired) electrons. The van der Waals surface area contributed by atoms with Gasteiger partial charge in [-0.2, -0.15) is 0 Å². The minimum Gasteiger partial charge on any atom is -0.481 e. The second-order valence-electron chi connectivity index (χ2n) is 23.2. The average Bonchev–Trinajstić information content (AvgIpc) is 3.17. The molecule has 0 bridgehead atoms. The van der Waals surface area contributed by atoms with E-state index in [0.29, 0.717) is 37.5 Å². The molecule has 12 nitrogen and oxygen atoms in total. The number of carboxylic acid groups (broad SMARTS) is 4. The fourth-order valence-corrected chi connectivity index (χ4v) is 11.2. The lowest BCUT2D eigenvalue weighted by atomic mass is 9.57. The second kappa shape index (κ2) is 27.5. The van der Waals surface area contributed by atoms with E-state index in [4.69, 9.17) is 0 Å². The number of unbranched alkanes of at least 4 members (excludes halogenated alkanes) is 14. The highest BCUT2D eigenvalue weighted by atomic mass is 16.5. The van der Waals surface area contributed by atoms with Crippen molar-refractivity contribution in [2.45, 2.75) is 266 Å². The molecule has 2 aliphatic rings. The number of hydrogen-bond donors (Lipinski definition) is 4. The molecule has 12 heteroatoms. The highest BCUT2D eigenvalue weighted by Gasteiger charge is 2.62. The van der Waals surface area contributed by atoms with Gasteiger partial charge in [0, 0.05) is 22.2 Å². The predicted molar refractivity (Wildman–Crippen MR) is 253 cm³/mol. The standard InChI is InChI=1S/C43H78NO9.C9H18NO/c1-31(2)25-21-17-13-9-11-15-19-23-28-43(40(51)52,29-24-20-16-12-10-14-18-22-26-32(3)4)36(39(49)50)35(38(47)48)34(37(45)46)33-27-30-41(5,6)44(53)42(33,7)8;1-8(2)6-5-7-9(3,4)10(8)11/h31-36H,9-30H2,1-8H3,(H,45,46)(H,47,48)(H,49,50)(H,51,52);5-7H2,1-4H3. The van der Waals surface area contributed by atoms with Gasteiger partial charge in [-0.25, -0.2) is 0 Å². The van der Waals surface area contributed by atoms with Crippen LogP contribution < -0.4 is 0 Å². The first-order valence-corrected chi connectivity index (χ1v) is 25.5. The number of aliphatic carboxylic acids is 4. The molecule has 2 fully saturated rings. The molecule has 0 aromatic rings. The zero-order valence-corrected chi connectivity index (χ0v) is 42.8. The summed E-state index contributed by atoms with van der Waals surface area (Å²) in [6.45, 7) is 23.7. The molecule has 374 valence electrons. The van der Waals surface area contributed by atoms with E-state index in [0.717, 1.165) is 69.3 Å². The van der Waals surface area contributed by atoms with Gasteiger partial charge in [0.15, 0.2) is 0 Å². The van der Waals surface area contributed by atoms with Crippen LogP contribution in [0.2, 0.25) is 0 Å². The molecule has 4 N–H and O–H groups in total. The van der Waals surface area contributed by atoms with Crippen LogP contribution in [-0.2, 0) is 29.6 Å². The number of piperidine rings is 2. The quantitative estimate of drug-likeness (QED) is 0.0504. The Labute approximate surface area is 389 Å². The number of hydroxylamine groups is 4. The highest BCUT2D eigenvalue weighted by molar-refractivity contribution is 5.90. The molecule has 4 unspecified atom stereocenters. The van der Waals surface area contributed by atoms with E-state index in [1.165, 1.54) is 50.0 Å². The Morgan fingerprint density at radius 2 is 0.875 bits per heavy atom. The summed E-state index contributed by atoms with van der Waals surface area (Å²) in [6, 6.07) is 0. The van der Waals surface area contributed by atoms with Crippen LogP contribution in [0.3, 0.4) is 0 Å². The highest BCUT2D eigenvalue weighted by Crippen LogP contribution is 2.52. The van der Waals surface area contributed by atoms with Gasteiger partial charge in [0.1, 0.15) is 0 Å². The molecular formula is C52H96N2O10. The van der Waals surface area contributed by atoms with Gasteiger partial charge >= 0.3 is 23.9 Å². The molecule has 0 aromatic heterocycles. The average molecular weight is 909 g/mol. The van der Waals surface area contributed by atoms with Crippen molar-refractivity contribution in [3.8, 4) is 0 Å². The lowest BCUT2D eigenvalue weighted by Gasteiger charge is -2.54. The van der Waals surface area contributed by atoms with Crippen molar-refractivity contribution in [3.63, 3.8) is 0 Å². The van der Waals surface area contributed by atoms with Gasteiger partial charge in [-0.3, -0.25) is 19.2 Å². The summed E-state index contributed by atoms with van der Waals surface area (Å²) < 4.78 is 0. The Morgan fingerprint density at radius 3 is 1.19 bits per heavy atom. The Kier molecular flexibility index (Phi) is 25.7. The van der Waals surface area contributed by atoms with Crippen molar-refractivity contribution >= 4 is 23.9 Å². The fourth-order valence-electron chi connectivity index (χ4n) is 11.2. The number of nitrogens with zero attached hydrogens (tertiary/aromatic N) is 2. The van der Waals surface area contributed by atoms with E-state index in [2.05, 4.69) is 27.7 Å². The summed E-state index contributed by atoms with van der Waals surface area (Å²) in [4.78, 5) is 53.2. The summed E-state index contributed by atoms with van der Waals surface area (Å²) in [5.74, 6) is -11.6. The molecule has 0 saturated carbocycles. The Bertz CT molecular complexity index is 1350. The lowest BCUT2D eigenvalue weighted by molar-refractivity contribution is -0.306. The van der Waals surface area contributed by atoms with Crippen LogP contribution in [0.15, 0.2) is 0 Å².